The maximum atomic E-state index is 12.9. The van der Waals surface area contributed by atoms with Crippen LogP contribution in [-0.2, 0) is 11.3 Å². The van der Waals surface area contributed by atoms with E-state index in [1.807, 2.05) is 71.6 Å². The third kappa shape index (κ3) is 4.29. The number of hydrogen-bond donors (Lipinski definition) is 0. The average Bonchev–Trinajstić information content (AvgIpc) is 3.41. The lowest BCUT2D eigenvalue weighted by atomic mass is 10.1. The predicted molar refractivity (Wildman–Crippen MR) is 129 cm³/mol. The number of imidazole rings is 1. The minimum atomic E-state index is 0.0198. The van der Waals surface area contributed by atoms with Gasteiger partial charge in [0.05, 0.1) is 24.7 Å². The molecule has 6 heteroatoms. The molecule has 1 amide bonds. The fourth-order valence-corrected chi connectivity index (χ4v) is 4.42. The van der Waals surface area contributed by atoms with Gasteiger partial charge in [0.2, 0.25) is 5.91 Å². The molecule has 6 nitrogen and oxygen atoms in total. The van der Waals surface area contributed by atoms with Crippen molar-refractivity contribution < 1.29 is 14.3 Å². The Kier molecular flexibility index (Phi) is 5.73. The van der Waals surface area contributed by atoms with Gasteiger partial charge in [-0.25, -0.2) is 4.98 Å². The number of methoxy groups -OCH3 is 1. The van der Waals surface area contributed by atoms with E-state index in [2.05, 4.69) is 17.6 Å². The Bertz CT molecular complexity index is 1260. The highest BCUT2D eigenvalue weighted by Crippen LogP contribution is 2.33. The number of hydrogen-bond acceptors (Lipinski definition) is 4. The van der Waals surface area contributed by atoms with Gasteiger partial charge >= 0.3 is 0 Å². The third-order valence-corrected chi connectivity index (χ3v) is 6.16. The highest BCUT2D eigenvalue weighted by atomic mass is 16.5. The standard InChI is InChI=1S/C27H27N3O3/c1-19-7-11-23(12-8-19)33-16-15-29-25-6-4-3-5-24(25)28-27(29)20-17-26(31)30(18-20)21-9-13-22(32-2)14-10-21/h3-14,20H,15-18H2,1-2H3. The Hall–Kier alpha value is -3.80. The number of nitrogens with zero attached hydrogens (tertiary/aromatic N) is 3. The largest absolute Gasteiger partial charge is 0.497 e. The Balaban J connectivity index is 1.38. The molecule has 0 N–H and O–H groups in total. The zero-order valence-corrected chi connectivity index (χ0v) is 18.9. The summed E-state index contributed by atoms with van der Waals surface area (Å²) >= 11 is 0. The second-order valence-electron chi connectivity index (χ2n) is 8.38. The molecular weight excluding hydrogens is 414 g/mol. The average molecular weight is 442 g/mol. The number of aryl methyl sites for hydroxylation is 1. The fraction of sp³-hybridized carbons (Fsp3) is 0.259. The second kappa shape index (κ2) is 8.98. The van der Waals surface area contributed by atoms with Crippen LogP contribution in [0, 0.1) is 6.92 Å². The van der Waals surface area contributed by atoms with Gasteiger partial charge in [0, 0.05) is 24.6 Å². The normalized spacial score (nSPS) is 15.9. The van der Waals surface area contributed by atoms with Crippen LogP contribution in [-0.4, -0.2) is 35.7 Å². The predicted octanol–water partition coefficient (Wildman–Crippen LogP) is 4.95. The van der Waals surface area contributed by atoms with Crippen molar-refractivity contribution in [1.29, 1.82) is 0 Å². The van der Waals surface area contributed by atoms with Crippen LogP contribution in [0.3, 0.4) is 0 Å². The Morgan fingerprint density at radius 1 is 0.970 bits per heavy atom. The van der Waals surface area contributed by atoms with Crippen LogP contribution in [0.15, 0.2) is 72.8 Å². The van der Waals surface area contributed by atoms with Crippen LogP contribution < -0.4 is 14.4 Å². The molecule has 1 aliphatic heterocycles. The van der Waals surface area contributed by atoms with Gasteiger partial charge in [-0.2, -0.15) is 0 Å². The molecule has 1 saturated heterocycles. The molecule has 4 aromatic rings. The minimum absolute atomic E-state index is 0.0198. The van der Waals surface area contributed by atoms with E-state index in [0.29, 0.717) is 26.1 Å². The third-order valence-electron chi connectivity index (χ3n) is 6.16. The lowest BCUT2D eigenvalue weighted by molar-refractivity contribution is -0.117. The molecule has 5 rings (SSSR count). The Morgan fingerprint density at radius 3 is 2.45 bits per heavy atom. The number of aromatic nitrogens is 2. The summed E-state index contributed by atoms with van der Waals surface area (Å²) in [6.45, 7) is 3.86. The van der Waals surface area contributed by atoms with E-state index in [-0.39, 0.29) is 11.8 Å². The van der Waals surface area contributed by atoms with Crippen molar-refractivity contribution in [3.8, 4) is 11.5 Å². The molecule has 1 aliphatic rings. The van der Waals surface area contributed by atoms with Crippen LogP contribution in [0.2, 0.25) is 0 Å². The molecule has 1 atom stereocenters. The topological polar surface area (TPSA) is 56.6 Å². The number of benzene rings is 3. The summed E-state index contributed by atoms with van der Waals surface area (Å²) in [5, 5.41) is 0. The van der Waals surface area contributed by atoms with Gasteiger partial charge in [0.15, 0.2) is 0 Å². The molecule has 33 heavy (non-hydrogen) atoms. The number of fused-ring (bicyclic) bond motifs is 1. The van der Waals surface area contributed by atoms with Crippen LogP contribution in [0.4, 0.5) is 5.69 Å². The van der Waals surface area contributed by atoms with Crippen molar-refractivity contribution in [2.24, 2.45) is 0 Å². The van der Waals surface area contributed by atoms with Crippen molar-refractivity contribution in [1.82, 2.24) is 9.55 Å². The number of anilines is 1. The first-order valence-electron chi connectivity index (χ1n) is 11.2. The van der Waals surface area contributed by atoms with Gasteiger partial charge in [-0.1, -0.05) is 29.8 Å². The van der Waals surface area contributed by atoms with E-state index >= 15 is 0 Å². The number of rotatable bonds is 7. The number of amides is 1. The van der Waals surface area contributed by atoms with Crippen LogP contribution in [0.5, 0.6) is 11.5 Å². The molecule has 1 aromatic heterocycles. The molecular formula is C27H27N3O3. The molecule has 1 unspecified atom stereocenters. The zero-order valence-electron chi connectivity index (χ0n) is 18.9. The van der Waals surface area contributed by atoms with E-state index in [9.17, 15) is 4.79 Å². The number of carbonyl (C=O) groups is 1. The zero-order chi connectivity index (χ0) is 22.8. The van der Waals surface area contributed by atoms with Gasteiger partial charge in [0.1, 0.15) is 23.9 Å². The summed E-state index contributed by atoms with van der Waals surface area (Å²) < 4.78 is 13.4. The van der Waals surface area contributed by atoms with Crippen molar-refractivity contribution >= 4 is 22.6 Å². The summed E-state index contributed by atoms with van der Waals surface area (Å²) in [7, 11) is 1.64. The van der Waals surface area contributed by atoms with E-state index in [1.54, 1.807) is 7.11 Å². The maximum Gasteiger partial charge on any atom is 0.227 e. The molecule has 0 bridgehead atoms. The highest BCUT2D eigenvalue weighted by molar-refractivity contribution is 5.96. The molecule has 1 fully saturated rings. The molecule has 0 spiro atoms. The van der Waals surface area contributed by atoms with Crippen LogP contribution in [0.1, 0.15) is 23.7 Å². The first-order valence-corrected chi connectivity index (χ1v) is 11.2. The summed E-state index contributed by atoms with van der Waals surface area (Å²) in [4.78, 5) is 19.7. The van der Waals surface area contributed by atoms with Crippen molar-refractivity contribution in [3.05, 3.63) is 84.2 Å². The summed E-state index contributed by atoms with van der Waals surface area (Å²) in [5.74, 6) is 2.70. The minimum Gasteiger partial charge on any atom is -0.497 e. The van der Waals surface area contributed by atoms with E-state index < -0.39 is 0 Å². The van der Waals surface area contributed by atoms with Gasteiger partial charge in [-0.15, -0.1) is 0 Å². The first kappa shape index (κ1) is 21.1. The molecule has 168 valence electrons. The second-order valence-corrected chi connectivity index (χ2v) is 8.38. The monoisotopic (exact) mass is 441 g/mol. The fourth-order valence-electron chi connectivity index (χ4n) is 4.42. The molecule has 3 aromatic carbocycles. The number of carbonyl (C=O) groups excluding carboxylic acids is 1. The van der Waals surface area contributed by atoms with Crippen molar-refractivity contribution in [3.63, 3.8) is 0 Å². The van der Waals surface area contributed by atoms with E-state index in [1.165, 1.54) is 5.56 Å². The molecule has 2 heterocycles. The number of para-hydroxylation sites is 2. The smallest absolute Gasteiger partial charge is 0.227 e. The Labute approximate surface area is 193 Å². The lowest BCUT2D eigenvalue weighted by Crippen LogP contribution is -2.24. The highest BCUT2D eigenvalue weighted by Gasteiger charge is 2.34. The summed E-state index contributed by atoms with van der Waals surface area (Å²) in [5.41, 5.74) is 4.10. The number of ether oxygens (including phenoxy) is 2. The Morgan fingerprint density at radius 2 is 1.70 bits per heavy atom. The first-order chi connectivity index (χ1) is 16.1. The van der Waals surface area contributed by atoms with E-state index in [4.69, 9.17) is 14.5 Å². The van der Waals surface area contributed by atoms with Gasteiger partial charge < -0.3 is 18.9 Å². The SMILES string of the molecule is COc1ccc(N2CC(c3nc4ccccc4n3CCOc3ccc(C)cc3)CC2=O)cc1. The summed E-state index contributed by atoms with van der Waals surface area (Å²) in [6, 6.07) is 23.8. The van der Waals surface area contributed by atoms with Crippen LogP contribution >= 0.6 is 0 Å². The summed E-state index contributed by atoms with van der Waals surface area (Å²) in [6.07, 6.45) is 0.439. The quantitative estimate of drug-likeness (QED) is 0.407. The maximum absolute atomic E-state index is 12.9. The van der Waals surface area contributed by atoms with E-state index in [0.717, 1.165) is 34.0 Å². The van der Waals surface area contributed by atoms with Crippen LogP contribution in [0.25, 0.3) is 11.0 Å². The van der Waals surface area contributed by atoms with Gasteiger partial charge in [-0.3, -0.25) is 4.79 Å². The molecule has 0 radical (unpaired) electrons. The van der Waals surface area contributed by atoms with Crippen molar-refractivity contribution in [2.75, 3.05) is 25.2 Å². The van der Waals surface area contributed by atoms with Gasteiger partial charge in [0.25, 0.3) is 0 Å². The molecule has 0 saturated carbocycles. The lowest BCUT2D eigenvalue weighted by Gasteiger charge is -2.18. The van der Waals surface area contributed by atoms with Crippen molar-refractivity contribution in [2.45, 2.75) is 25.8 Å². The molecule has 0 aliphatic carbocycles. The van der Waals surface area contributed by atoms with Gasteiger partial charge in [-0.05, 0) is 55.5 Å².